The maximum Gasteiger partial charge on any atom is 0.240 e. The fourth-order valence-corrected chi connectivity index (χ4v) is 3.46. The van der Waals surface area contributed by atoms with E-state index in [2.05, 4.69) is 5.32 Å². The average molecular weight is 374 g/mol. The van der Waals surface area contributed by atoms with Gasteiger partial charge in [-0.05, 0) is 48.4 Å². The molecule has 4 nitrogen and oxygen atoms in total. The molecule has 0 saturated carbocycles. The third kappa shape index (κ3) is 3.27. The number of benzene rings is 3. The smallest absolute Gasteiger partial charge is 0.240 e. The van der Waals surface area contributed by atoms with E-state index in [0.717, 1.165) is 16.6 Å². The summed E-state index contributed by atoms with van der Waals surface area (Å²) in [6.07, 6.45) is 0. The molecule has 4 aromatic rings. The van der Waals surface area contributed by atoms with Crippen LogP contribution in [-0.2, 0) is 17.9 Å². The highest BCUT2D eigenvalue weighted by Gasteiger charge is 2.12. The van der Waals surface area contributed by atoms with Crippen LogP contribution in [0.5, 0.6) is 0 Å². The van der Waals surface area contributed by atoms with Gasteiger partial charge in [0.25, 0.3) is 0 Å². The van der Waals surface area contributed by atoms with Gasteiger partial charge >= 0.3 is 0 Å². The molecule has 3 aromatic carbocycles. The summed E-state index contributed by atoms with van der Waals surface area (Å²) >= 11 is 0. The van der Waals surface area contributed by atoms with E-state index in [-0.39, 0.29) is 23.7 Å². The van der Waals surface area contributed by atoms with Gasteiger partial charge < -0.3 is 9.88 Å². The van der Waals surface area contributed by atoms with Crippen molar-refractivity contribution in [3.8, 4) is 0 Å². The Labute approximate surface area is 161 Å². The zero-order valence-electron chi connectivity index (χ0n) is 15.4. The van der Waals surface area contributed by atoms with E-state index in [9.17, 15) is 14.0 Å². The summed E-state index contributed by atoms with van der Waals surface area (Å²) in [6.45, 7) is 2.09. The molecule has 1 heterocycles. The molecule has 1 N–H and O–H groups in total. The molecule has 0 spiro atoms. The Morgan fingerprint density at radius 3 is 2.18 bits per heavy atom. The lowest BCUT2D eigenvalue weighted by atomic mass is 10.1. The predicted octanol–water partition coefficient (Wildman–Crippen LogP) is 3.92. The number of hydrogen-bond donors (Lipinski definition) is 1. The highest BCUT2D eigenvalue weighted by Crippen LogP contribution is 2.19. The standard InChI is InChI=1S/C23H19FN2O2/c1-15-12-16(10-11-19(15)24)13-25-22(27)14-26-20-8-4-2-6-17(20)23(28)18-7-3-5-9-21(18)26/h2-12H,13-14H2,1H3,(H,25,27). The van der Waals surface area contributed by atoms with Crippen LogP contribution in [-0.4, -0.2) is 10.5 Å². The lowest BCUT2D eigenvalue weighted by molar-refractivity contribution is -0.121. The minimum atomic E-state index is -0.263. The van der Waals surface area contributed by atoms with Gasteiger partial charge in [0, 0.05) is 17.3 Å². The van der Waals surface area contributed by atoms with Gasteiger partial charge in [0.2, 0.25) is 5.91 Å². The van der Waals surface area contributed by atoms with E-state index in [1.165, 1.54) is 6.07 Å². The molecule has 0 aliphatic rings. The van der Waals surface area contributed by atoms with Crippen molar-refractivity contribution in [1.82, 2.24) is 9.88 Å². The minimum Gasteiger partial charge on any atom is -0.350 e. The van der Waals surface area contributed by atoms with E-state index in [4.69, 9.17) is 0 Å². The molecule has 0 fully saturated rings. The Balaban J connectivity index is 1.66. The molecule has 5 heteroatoms. The Morgan fingerprint density at radius 1 is 0.964 bits per heavy atom. The molecular weight excluding hydrogens is 355 g/mol. The van der Waals surface area contributed by atoms with Gasteiger partial charge in [-0.15, -0.1) is 0 Å². The number of para-hydroxylation sites is 2. The number of aryl methyl sites for hydroxylation is 1. The second-order valence-corrected chi connectivity index (χ2v) is 6.81. The van der Waals surface area contributed by atoms with Gasteiger partial charge in [0.15, 0.2) is 5.43 Å². The predicted molar refractivity (Wildman–Crippen MR) is 109 cm³/mol. The van der Waals surface area contributed by atoms with Gasteiger partial charge in [-0.2, -0.15) is 0 Å². The van der Waals surface area contributed by atoms with Crippen molar-refractivity contribution in [3.05, 3.63) is 93.9 Å². The highest BCUT2D eigenvalue weighted by molar-refractivity contribution is 5.94. The lowest BCUT2D eigenvalue weighted by Gasteiger charge is -2.15. The van der Waals surface area contributed by atoms with Crippen LogP contribution in [0.4, 0.5) is 4.39 Å². The first-order chi connectivity index (χ1) is 13.5. The summed E-state index contributed by atoms with van der Waals surface area (Å²) in [5, 5.41) is 4.05. The van der Waals surface area contributed by atoms with Crippen LogP contribution in [0.1, 0.15) is 11.1 Å². The van der Waals surface area contributed by atoms with Crippen molar-refractivity contribution in [1.29, 1.82) is 0 Å². The topological polar surface area (TPSA) is 51.1 Å². The SMILES string of the molecule is Cc1cc(CNC(=O)Cn2c3ccccc3c(=O)c3ccccc32)ccc1F. The molecular formula is C23H19FN2O2. The Kier molecular flexibility index (Phi) is 4.65. The number of rotatable bonds is 4. The molecule has 1 aromatic heterocycles. The Hall–Kier alpha value is -3.47. The van der Waals surface area contributed by atoms with Crippen molar-refractivity contribution in [2.75, 3.05) is 0 Å². The number of pyridine rings is 1. The molecule has 0 saturated heterocycles. The number of fused-ring (bicyclic) bond motifs is 2. The van der Waals surface area contributed by atoms with E-state index in [1.807, 2.05) is 41.0 Å². The highest BCUT2D eigenvalue weighted by atomic mass is 19.1. The quantitative estimate of drug-likeness (QED) is 0.551. The largest absolute Gasteiger partial charge is 0.350 e. The molecule has 0 aliphatic heterocycles. The van der Waals surface area contributed by atoms with Crippen LogP contribution < -0.4 is 10.7 Å². The van der Waals surface area contributed by atoms with E-state index >= 15 is 0 Å². The molecule has 28 heavy (non-hydrogen) atoms. The average Bonchev–Trinajstić information content (AvgIpc) is 2.72. The number of aromatic nitrogens is 1. The van der Waals surface area contributed by atoms with Crippen LogP contribution in [0.2, 0.25) is 0 Å². The van der Waals surface area contributed by atoms with Crippen molar-refractivity contribution >= 4 is 27.7 Å². The third-order valence-corrected chi connectivity index (χ3v) is 4.89. The third-order valence-electron chi connectivity index (χ3n) is 4.89. The van der Waals surface area contributed by atoms with Crippen LogP contribution in [0, 0.1) is 12.7 Å². The normalized spacial score (nSPS) is 11.1. The monoisotopic (exact) mass is 374 g/mol. The zero-order chi connectivity index (χ0) is 19.7. The number of carbonyl (C=O) groups excluding carboxylic acids is 1. The maximum absolute atomic E-state index is 13.4. The first-order valence-electron chi connectivity index (χ1n) is 9.06. The summed E-state index contributed by atoms with van der Waals surface area (Å²) in [7, 11) is 0. The van der Waals surface area contributed by atoms with Crippen LogP contribution in [0.3, 0.4) is 0 Å². The molecule has 1 amide bonds. The zero-order valence-corrected chi connectivity index (χ0v) is 15.4. The number of carbonyl (C=O) groups is 1. The van der Waals surface area contributed by atoms with Gasteiger partial charge in [-0.1, -0.05) is 36.4 Å². The second-order valence-electron chi connectivity index (χ2n) is 6.81. The van der Waals surface area contributed by atoms with Gasteiger partial charge in [0.05, 0.1) is 11.0 Å². The lowest BCUT2D eigenvalue weighted by Crippen LogP contribution is -2.28. The fraction of sp³-hybridized carbons (Fsp3) is 0.130. The summed E-state index contributed by atoms with van der Waals surface area (Å²) in [6, 6.07) is 19.4. The van der Waals surface area contributed by atoms with Crippen molar-refractivity contribution < 1.29 is 9.18 Å². The number of nitrogens with one attached hydrogen (secondary N) is 1. The Morgan fingerprint density at radius 2 is 1.57 bits per heavy atom. The number of amides is 1. The molecule has 0 atom stereocenters. The number of halogens is 1. The number of hydrogen-bond acceptors (Lipinski definition) is 2. The van der Waals surface area contributed by atoms with Crippen LogP contribution in [0.15, 0.2) is 71.5 Å². The molecule has 0 radical (unpaired) electrons. The van der Waals surface area contributed by atoms with Gasteiger partial charge in [-0.3, -0.25) is 9.59 Å². The van der Waals surface area contributed by atoms with Gasteiger partial charge in [0.1, 0.15) is 12.4 Å². The van der Waals surface area contributed by atoms with Crippen molar-refractivity contribution in [2.45, 2.75) is 20.0 Å². The first-order valence-corrected chi connectivity index (χ1v) is 9.06. The molecule has 0 unspecified atom stereocenters. The maximum atomic E-state index is 13.4. The van der Waals surface area contributed by atoms with Crippen LogP contribution >= 0.6 is 0 Å². The van der Waals surface area contributed by atoms with Crippen LogP contribution in [0.25, 0.3) is 21.8 Å². The summed E-state index contributed by atoms with van der Waals surface area (Å²) in [4.78, 5) is 25.4. The summed E-state index contributed by atoms with van der Waals surface area (Å²) < 4.78 is 15.3. The summed E-state index contributed by atoms with van der Waals surface area (Å²) in [5.41, 5.74) is 2.79. The fourth-order valence-electron chi connectivity index (χ4n) is 3.46. The Bertz CT molecular complexity index is 1200. The number of nitrogens with zero attached hydrogens (tertiary/aromatic N) is 1. The molecule has 0 bridgehead atoms. The van der Waals surface area contributed by atoms with E-state index in [0.29, 0.717) is 22.9 Å². The van der Waals surface area contributed by atoms with Gasteiger partial charge in [-0.25, -0.2) is 4.39 Å². The van der Waals surface area contributed by atoms with E-state index < -0.39 is 0 Å². The van der Waals surface area contributed by atoms with Crippen molar-refractivity contribution in [2.24, 2.45) is 0 Å². The molecule has 4 rings (SSSR count). The molecule has 0 aliphatic carbocycles. The minimum absolute atomic E-state index is 0.0374. The van der Waals surface area contributed by atoms with Crippen molar-refractivity contribution in [3.63, 3.8) is 0 Å². The van der Waals surface area contributed by atoms with E-state index in [1.54, 1.807) is 31.2 Å². The summed E-state index contributed by atoms with van der Waals surface area (Å²) in [5.74, 6) is -0.442. The molecule has 140 valence electrons. The first kappa shape index (κ1) is 17.9. The second kappa shape index (κ2) is 7.27.